The Kier molecular flexibility index (Phi) is 5.14. The first-order valence-corrected chi connectivity index (χ1v) is 8.28. The van der Waals surface area contributed by atoms with E-state index in [2.05, 4.69) is 10.5 Å². The maximum absolute atomic E-state index is 11.9. The second kappa shape index (κ2) is 7.66. The molecule has 0 amide bonds. The summed E-state index contributed by atoms with van der Waals surface area (Å²) >= 11 is 0. The summed E-state index contributed by atoms with van der Waals surface area (Å²) in [7, 11) is 0. The number of aromatic nitrogens is 1. The quantitative estimate of drug-likeness (QED) is 0.421. The summed E-state index contributed by atoms with van der Waals surface area (Å²) < 4.78 is 7.06. The normalized spacial score (nSPS) is 11.1. The lowest BCUT2D eigenvalue weighted by molar-refractivity contribution is -0.143. The van der Waals surface area contributed by atoms with Crippen LogP contribution in [0.5, 0.6) is 0 Å². The molecule has 1 heterocycles. The Morgan fingerprint density at radius 1 is 1.16 bits per heavy atom. The minimum Gasteiger partial charge on any atom is -0.465 e. The van der Waals surface area contributed by atoms with Gasteiger partial charge in [0.1, 0.15) is 6.54 Å². The van der Waals surface area contributed by atoms with Crippen LogP contribution in [-0.4, -0.2) is 23.4 Å². The summed E-state index contributed by atoms with van der Waals surface area (Å²) in [6, 6.07) is 17.8. The highest BCUT2D eigenvalue weighted by molar-refractivity contribution is 6.01. The zero-order chi connectivity index (χ0) is 17.6. The fourth-order valence-corrected chi connectivity index (χ4v) is 2.84. The fourth-order valence-electron chi connectivity index (χ4n) is 2.84. The van der Waals surface area contributed by atoms with Crippen molar-refractivity contribution in [3.63, 3.8) is 0 Å². The third-order valence-electron chi connectivity index (χ3n) is 4.03. The lowest BCUT2D eigenvalue weighted by Crippen LogP contribution is -2.14. The molecular weight excluding hydrogens is 314 g/mol. The Balaban J connectivity index is 1.92. The topological polar surface area (TPSA) is 55.6 Å². The fraction of sp³-hybridized carbons (Fsp3) is 0.200. The van der Waals surface area contributed by atoms with Crippen molar-refractivity contribution in [1.82, 2.24) is 4.57 Å². The van der Waals surface area contributed by atoms with Crippen molar-refractivity contribution in [1.29, 1.82) is 0 Å². The molecule has 3 aromatic rings. The van der Waals surface area contributed by atoms with E-state index in [0.717, 1.165) is 27.8 Å². The number of rotatable bonds is 6. The monoisotopic (exact) mass is 335 g/mol. The third-order valence-corrected chi connectivity index (χ3v) is 4.03. The average molecular weight is 335 g/mol. The molecule has 0 aliphatic heterocycles. The van der Waals surface area contributed by atoms with Crippen molar-refractivity contribution < 1.29 is 9.53 Å². The van der Waals surface area contributed by atoms with Gasteiger partial charge in [-0.1, -0.05) is 36.4 Å². The predicted molar refractivity (Wildman–Crippen MR) is 101 cm³/mol. The van der Waals surface area contributed by atoms with Crippen LogP contribution in [0.1, 0.15) is 18.2 Å². The molecule has 0 unspecified atom stereocenters. The van der Waals surface area contributed by atoms with Crippen molar-refractivity contribution in [2.45, 2.75) is 20.4 Å². The van der Waals surface area contributed by atoms with Gasteiger partial charge in [-0.05, 0) is 32.0 Å². The number of anilines is 1. The minimum atomic E-state index is -0.239. The van der Waals surface area contributed by atoms with Crippen LogP contribution in [0.15, 0.2) is 59.7 Å². The Morgan fingerprint density at radius 3 is 2.64 bits per heavy atom. The smallest absolute Gasteiger partial charge is 0.325 e. The first-order valence-electron chi connectivity index (χ1n) is 8.28. The third kappa shape index (κ3) is 3.71. The maximum atomic E-state index is 11.9. The van der Waals surface area contributed by atoms with Gasteiger partial charge in [-0.25, -0.2) is 0 Å². The van der Waals surface area contributed by atoms with Gasteiger partial charge in [-0.15, -0.1) is 0 Å². The summed E-state index contributed by atoms with van der Waals surface area (Å²) in [5.41, 5.74) is 6.91. The zero-order valence-electron chi connectivity index (χ0n) is 14.4. The molecule has 0 saturated heterocycles. The average Bonchev–Trinajstić information content (AvgIpc) is 2.89. The molecular formula is C20H21N3O2. The van der Waals surface area contributed by atoms with Gasteiger partial charge in [-0.2, -0.15) is 5.10 Å². The Morgan fingerprint density at radius 2 is 1.88 bits per heavy atom. The largest absolute Gasteiger partial charge is 0.465 e. The number of ether oxygens (including phenoxy) is 1. The summed E-state index contributed by atoms with van der Waals surface area (Å²) in [6.07, 6.45) is 1.80. The second-order valence-electron chi connectivity index (χ2n) is 5.64. The summed E-state index contributed by atoms with van der Waals surface area (Å²) in [5, 5.41) is 5.41. The molecule has 0 atom stereocenters. The standard InChI is InChI=1S/C20H21N3O2/c1-3-25-20(24)14-23-15(2)18(17-11-7-8-12-19(17)23)13-21-22-16-9-5-4-6-10-16/h4-13,22H,3,14H2,1-2H3/b21-13-. The van der Waals surface area contributed by atoms with E-state index >= 15 is 0 Å². The predicted octanol–water partition coefficient (Wildman–Crippen LogP) is 3.96. The number of hydrogen-bond donors (Lipinski definition) is 1. The lowest BCUT2D eigenvalue weighted by atomic mass is 10.1. The first kappa shape index (κ1) is 16.8. The molecule has 5 nitrogen and oxygen atoms in total. The van der Waals surface area contributed by atoms with Crippen molar-refractivity contribution in [3.05, 3.63) is 65.9 Å². The van der Waals surface area contributed by atoms with Gasteiger partial charge in [0.05, 0.1) is 18.5 Å². The molecule has 0 saturated carbocycles. The van der Waals surface area contributed by atoms with Gasteiger partial charge in [0, 0.05) is 22.2 Å². The van der Waals surface area contributed by atoms with Crippen LogP contribution in [0.3, 0.4) is 0 Å². The van der Waals surface area contributed by atoms with E-state index in [4.69, 9.17) is 4.74 Å². The molecule has 2 aromatic carbocycles. The summed E-state index contributed by atoms with van der Waals surface area (Å²) in [6.45, 7) is 4.38. The van der Waals surface area contributed by atoms with Crippen LogP contribution in [0, 0.1) is 6.92 Å². The molecule has 0 aliphatic carbocycles. The molecule has 3 rings (SSSR count). The van der Waals surface area contributed by atoms with Crippen LogP contribution in [0.4, 0.5) is 5.69 Å². The van der Waals surface area contributed by atoms with Crippen LogP contribution in [0.2, 0.25) is 0 Å². The molecule has 25 heavy (non-hydrogen) atoms. The highest BCUT2D eigenvalue weighted by Gasteiger charge is 2.15. The number of fused-ring (bicyclic) bond motifs is 1. The number of carbonyl (C=O) groups is 1. The second-order valence-corrected chi connectivity index (χ2v) is 5.64. The number of hydrazone groups is 1. The Bertz CT molecular complexity index is 898. The highest BCUT2D eigenvalue weighted by atomic mass is 16.5. The van der Waals surface area contributed by atoms with E-state index in [1.165, 1.54) is 0 Å². The van der Waals surface area contributed by atoms with E-state index in [9.17, 15) is 4.79 Å². The molecule has 0 fully saturated rings. The van der Waals surface area contributed by atoms with Crippen molar-refractivity contribution in [3.8, 4) is 0 Å². The number of esters is 1. The number of benzene rings is 2. The number of carbonyl (C=O) groups excluding carboxylic acids is 1. The van der Waals surface area contributed by atoms with E-state index in [0.29, 0.717) is 6.61 Å². The van der Waals surface area contributed by atoms with Gasteiger partial charge in [-0.3, -0.25) is 10.2 Å². The SMILES string of the molecule is CCOC(=O)Cn1c(C)c(/C=N\Nc2ccccc2)c2ccccc21. The van der Waals surface area contributed by atoms with Crippen molar-refractivity contribution in [2.75, 3.05) is 12.0 Å². The molecule has 5 heteroatoms. The van der Waals surface area contributed by atoms with E-state index in [-0.39, 0.29) is 12.5 Å². The summed E-state index contributed by atoms with van der Waals surface area (Å²) in [4.78, 5) is 11.9. The first-order chi connectivity index (χ1) is 12.2. The zero-order valence-corrected chi connectivity index (χ0v) is 14.4. The molecule has 0 radical (unpaired) electrons. The van der Waals surface area contributed by atoms with Gasteiger partial charge in [0.25, 0.3) is 0 Å². The maximum Gasteiger partial charge on any atom is 0.325 e. The number of hydrogen-bond acceptors (Lipinski definition) is 4. The van der Waals surface area contributed by atoms with E-state index in [1.807, 2.05) is 73.0 Å². The van der Waals surface area contributed by atoms with Crippen LogP contribution in [0.25, 0.3) is 10.9 Å². The molecule has 0 spiro atoms. The highest BCUT2D eigenvalue weighted by Crippen LogP contribution is 2.24. The Hall–Kier alpha value is -3.08. The summed E-state index contributed by atoms with van der Waals surface area (Å²) in [5.74, 6) is -0.239. The van der Waals surface area contributed by atoms with E-state index in [1.54, 1.807) is 6.21 Å². The molecule has 0 aliphatic rings. The minimum absolute atomic E-state index is 0.195. The Labute approximate surface area is 146 Å². The van der Waals surface area contributed by atoms with Crippen molar-refractivity contribution >= 4 is 28.8 Å². The number of para-hydroxylation sites is 2. The lowest BCUT2D eigenvalue weighted by Gasteiger charge is -2.07. The van der Waals surface area contributed by atoms with Crippen LogP contribution < -0.4 is 5.43 Å². The van der Waals surface area contributed by atoms with Gasteiger partial charge in [0.2, 0.25) is 0 Å². The number of nitrogens with zero attached hydrogens (tertiary/aromatic N) is 2. The van der Waals surface area contributed by atoms with Gasteiger partial charge in [0.15, 0.2) is 0 Å². The molecule has 1 N–H and O–H groups in total. The van der Waals surface area contributed by atoms with E-state index < -0.39 is 0 Å². The van der Waals surface area contributed by atoms with Crippen molar-refractivity contribution in [2.24, 2.45) is 5.10 Å². The molecule has 0 bridgehead atoms. The van der Waals surface area contributed by atoms with Gasteiger partial charge < -0.3 is 9.30 Å². The van der Waals surface area contributed by atoms with Crippen LogP contribution >= 0.6 is 0 Å². The van der Waals surface area contributed by atoms with Crippen LogP contribution in [-0.2, 0) is 16.1 Å². The van der Waals surface area contributed by atoms with Gasteiger partial charge >= 0.3 is 5.97 Å². The molecule has 128 valence electrons. The number of nitrogens with one attached hydrogen (secondary N) is 1. The molecule has 1 aromatic heterocycles.